The molecule has 0 amide bonds. The van der Waals surface area contributed by atoms with Crippen LogP contribution in [0.25, 0.3) is 0 Å². The molecular weight excluding hydrogens is 162 g/mol. The number of phosphoric acid groups is 1. The van der Waals surface area contributed by atoms with Gasteiger partial charge in [0.25, 0.3) is 0 Å². The summed E-state index contributed by atoms with van der Waals surface area (Å²) in [6, 6.07) is 0. The molecule has 62 valence electrons. The van der Waals surface area contributed by atoms with Crippen molar-refractivity contribution < 1.29 is 23.3 Å². The van der Waals surface area contributed by atoms with Crippen LogP contribution in [0.5, 0.6) is 0 Å². The molecule has 0 rings (SSSR count). The Labute approximate surface area is 58.3 Å². The van der Waals surface area contributed by atoms with Crippen molar-refractivity contribution in [2.45, 2.75) is 19.5 Å². The van der Waals surface area contributed by atoms with E-state index in [1.165, 1.54) is 13.8 Å². The van der Waals surface area contributed by atoms with Gasteiger partial charge in [-0.1, -0.05) is 0 Å². The minimum absolute atomic E-state index is 0.600. The number of phosphoric ester groups is 1. The van der Waals surface area contributed by atoms with Crippen molar-refractivity contribution in [3.63, 3.8) is 0 Å². The number of hydrogen-bond donors (Lipinski definition) is 2. The van der Waals surface area contributed by atoms with E-state index in [1.54, 1.807) is 0 Å². The second kappa shape index (κ2) is 2.96. The summed E-state index contributed by atoms with van der Waals surface area (Å²) in [5.74, 6) is 0. The van der Waals surface area contributed by atoms with Gasteiger partial charge in [0.15, 0.2) is 0 Å². The molecule has 0 radical (unpaired) electrons. The molecule has 0 spiro atoms. The fourth-order valence-corrected chi connectivity index (χ4v) is 0.713. The number of alkyl halides is 1. The summed E-state index contributed by atoms with van der Waals surface area (Å²) in [4.78, 5) is 16.2. The molecule has 0 aromatic rings. The van der Waals surface area contributed by atoms with Crippen LogP contribution in [-0.4, -0.2) is 22.1 Å². The molecular formula is C4H10FO4P. The molecule has 0 unspecified atom stereocenters. The molecule has 2 N–H and O–H groups in total. The second-order valence-electron chi connectivity index (χ2n) is 2.48. The molecule has 0 aliphatic rings. The topological polar surface area (TPSA) is 66.8 Å². The Morgan fingerprint density at radius 2 is 2.00 bits per heavy atom. The van der Waals surface area contributed by atoms with Gasteiger partial charge < -0.3 is 9.79 Å². The molecule has 0 atom stereocenters. The van der Waals surface area contributed by atoms with Crippen LogP contribution in [0.3, 0.4) is 0 Å². The molecule has 4 nitrogen and oxygen atoms in total. The summed E-state index contributed by atoms with van der Waals surface area (Å²) < 4.78 is 26.3. The van der Waals surface area contributed by atoms with Crippen LogP contribution < -0.4 is 0 Å². The Balaban J connectivity index is 3.67. The molecule has 0 saturated carbocycles. The van der Waals surface area contributed by atoms with Crippen LogP contribution in [0, 0.1) is 0 Å². The summed E-state index contributed by atoms with van der Waals surface area (Å²) in [6.07, 6.45) is 0. The van der Waals surface area contributed by atoms with Gasteiger partial charge in [-0.3, -0.25) is 4.52 Å². The monoisotopic (exact) mass is 172 g/mol. The average molecular weight is 172 g/mol. The van der Waals surface area contributed by atoms with E-state index in [4.69, 9.17) is 9.79 Å². The van der Waals surface area contributed by atoms with Gasteiger partial charge >= 0.3 is 7.82 Å². The van der Waals surface area contributed by atoms with Crippen LogP contribution >= 0.6 is 7.82 Å². The zero-order chi connectivity index (χ0) is 8.41. The van der Waals surface area contributed by atoms with Gasteiger partial charge in [0, 0.05) is 0 Å². The van der Waals surface area contributed by atoms with Crippen molar-refractivity contribution >= 4 is 7.82 Å². The van der Waals surface area contributed by atoms with Crippen molar-refractivity contribution in [3.8, 4) is 0 Å². The Kier molecular flexibility index (Phi) is 2.98. The van der Waals surface area contributed by atoms with Gasteiger partial charge in [0.2, 0.25) is 0 Å². The number of halogens is 1. The normalized spacial score (nSPS) is 13.7. The summed E-state index contributed by atoms with van der Waals surface area (Å²) in [6.45, 7) is 1.74. The third-order valence-corrected chi connectivity index (χ3v) is 1.04. The smallest absolute Gasteiger partial charge is 0.303 e. The zero-order valence-corrected chi connectivity index (χ0v) is 6.64. The van der Waals surface area contributed by atoms with Crippen LogP contribution in [0.15, 0.2) is 0 Å². The Morgan fingerprint density at radius 1 is 1.60 bits per heavy atom. The van der Waals surface area contributed by atoms with Crippen molar-refractivity contribution in [1.82, 2.24) is 0 Å². The summed E-state index contributed by atoms with van der Waals surface area (Å²) in [5, 5.41) is 0. The first-order valence-corrected chi connectivity index (χ1v) is 4.13. The largest absolute Gasteiger partial charge is 0.469 e. The highest BCUT2D eigenvalue weighted by molar-refractivity contribution is 7.46. The lowest BCUT2D eigenvalue weighted by Gasteiger charge is -2.13. The minimum Gasteiger partial charge on any atom is -0.303 e. The maximum atomic E-state index is 12.5. The van der Waals surface area contributed by atoms with Crippen LogP contribution in [0.2, 0.25) is 0 Å². The zero-order valence-electron chi connectivity index (χ0n) is 5.74. The maximum Gasteiger partial charge on any atom is 0.469 e. The Morgan fingerprint density at radius 3 is 2.10 bits per heavy atom. The van der Waals surface area contributed by atoms with Crippen LogP contribution in [-0.2, 0) is 9.09 Å². The lowest BCUT2D eigenvalue weighted by Crippen LogP contribution is -2.19. The second-order valence-corrected chi connectivity index (χ2v) is 3.72. The molecule has 10 heavy (non-hydrogen) atoms. The average Bonchev–Trinajstić information content (AvgIpc) is 1.57. The predicted molar refractivity (Wildman–Crippen MR) is 33.2 cm³/mol. The van der Waals surface area contributed by atoms with E-state index >= 15 is 0 Å². The molecule has 0 aliphatic heterocycles. The number of rotatable bonds is 3. The fraction of sp³-hybridized carbons (Fsp3) is 1.00. The number of hydrogen-bond acceptors (Lipinski definition) is 2. The fourth-order valence-electron chi connectivity index (χ4n) is 0.238. The first-order chi connectivity index (χ1) is 4.21. The molecule has 0 aliphatic carbocycles. The summed E-state index contributed by atoms with van der Waals surface area (Å²) in [7, 11) is -4.50. The van der Waals surface area contributed by atoms with Crippen molar-refractivity contribution in [2.24, 2.45) is 0 Å². The van der Waals surface area contributed by atoms with Gasteiger partial charge in [0.1, 0.15) is 5.67 Å². The third-order valence-electron chi connectivity index (χ3n) is 0.576. The lowest BCUT2D eigenvalue weighted by atomic mass is 10.2. The summed E-state index contributed by atoms with van der Waals surface area (Å²) >= 11 is 0. The standard InChI is InChI=1S/C4H10FO4P/c1-4(2,5)3-9-10(6,7)8/h3H2,1-2H3,(H2,6,7,8). The molecule has 0 fully saturated rings. The third kappa shape index (κ3) is 8.04. The van der Waals surface area contributed by atoms with E-state index < -0.39 is 20.1 Å². The molecule has 0 saturated heterocycles. The van der Waals surface area contributed by atoms with Crippen LogP contribution in [0.4, 0.5) is 4.39 Å². The first kappa shape index (κ1) is 10.0. The van der Waals surface area contributed by atoms with E-state index in [9.17, 15) is 8.96 Å². The van der Waals surface area contributed by atoms with Crippen molar-refractivity contribution in [3.05, 3.63) is 0 Å². The molecule has 0 heterocycles. The van der Waals surface area contributed by atoms with Crippen LogP contribution in [0.1, 0.15) is 13.8 Å². The SMILES string of the molecule is CC(C)(F)COP(=O)(O)O. The van der Waals surface area contributed by atoms with Gasteiger partial charge in [-0.05, 0) is 13.8 Å². The van der Waals surface area contributed by atoms with E-state index in [2.05, 4.69) is 4.52 Å². The van der Waals surface area contributed by atoms with Gasteiger partial charge in [-0.15, -0.1) is 0 Å². The molecule has 0 aromatic heterocycles. The van der Waals surface area contributed by atoms with Gasteiger partial charge in [-0.25, -0.2) is 8.96 Å². The van der Waals surface area contributed by atoms with E-state index in [1.807, 2.05) is 0 Å². The Hall–Kier alpha value is 0.0400. The van der Waals surface area contributed by atoms with Crippen molar-refractivity contribution in [2.75, 3.05) is 6.61 Å². The summed E-state index contributed by atoms with van der Waals surface area (Å²) in [5.41, 5.74) is -1.71. The quantitative estimate of drug-likeness (QED) is 0.619. The van der Waals surface area contributed by atoms with Gasteiger partial charge in [0.05, 0.1) is 6.61 Å². The van der Waals surface area contributed by atoms with E-state index in [0.29, 0.717) is 0 Å². The first-order valence-electron chi connectivity index (χ1n) is 2.60. The highest BCUT2D eigenvalue weighted by atomic mass is 31.2. The highest BCUT2D eigenvalue weighted by Gasteiger charge is 2.22. The predicted octanol–water partition coefficient (Wildman–Crippen LogP) is 0.844. The maximum absolute atomic E-state index is 12.5. The van der Waals surface area contributed by atoms with Gasteiger partial charge in [-0.2, -0.15) is 0 Å². The lowest BCUT2D eigenvalue weighted by molar-refractivity contribution is 0.0916. The highest BCUT2D eigenvalue weighted by Crippen LogP contribution is 2.36. The minimum atomic E-state index is -4.50. The Bertz CT molecular complexity index is 146. The molecule has 6 heteroatoms. The molecule has 0 aromatic carbocycles. The van der Waals surface area contributed by atoms with Crippen molar-refractivity contribution in [1.29, 1.82) is 0 Å². The molecule has 0 bridgehead atoms. The van der Waals surface area contributed by atoms with E-state index in [0.717, 1.165) is 0 Å². The van der Waals surface area contributed by atoms with E-state index in [-0.39, 0.29) is 0 Å².